The third kappa shape index (κ3) is 4.52. The van der Waals surface area contributed by atoms with Crippen LogP contribution in [0.15, 0.2) is 97.1 Å². The molecule has 2 aliphatic rings. The highest BCUT2D eigenvalue weighted by atomic mass is 31.2. The molecule has 0 fully saturated rings. The summed E-state index contributed by atoms with van der Waals surface area (Å²) in [5.41, 5.74) is 4.40. The molecule has 0 saturated heterocycles. The lowest BCUT2D eigenvalue weighted by Crippen LogP contribution is -2.16. The fraction of sp³-hybridized carbons (Fsp3) is 0.103. The Bertz CT molecular complexity index is 1290. The van der Waals surface area contributed by atoms with E-state index in [1.165, 1.54) is 0 Å². The van der Waals surface area contributed by atoms with Gasteiger partial charge >= 0.3 is 0 Å². The number of para-hydroxylation sites is 4. The molecular weight excluding hydrogens is 474 g/mol. The lowest BCUT2D eigenvalue weighted by molar-refractivity contribution is 0.458. The minimum absolute atomic E-state index is 0.325. The van der Waals surface area contributed by atoms with Gasteiger partial charge in [-0.2, -0.15) is 0 Å². The number of hydrogen-bond donors (Lipinski definition) is 0. The van der Waals surface area contributed by atoms with Crippen LogP contribution in [0.25, 0.3) is 0 Å². The van der Waals surface area contributed by atoms with E-state index in [-0.39, 0.29) is 0 Å². The van der Waals surface area contributed by atoms with Gasteiger partial charge in [0.15, 0.2) is 0 Å². The van der Waals surface area contributed by atoms with Gasteiger partial charge in [0, 0.05) is 12.8 Å². The summed E-state index contributed by atoms with van der Waals surface area (Å²) in [6.07, 6.45) is 10.5. The van der Waals surface area contributed by atoms with E-state index in [1.54, 1.807) is 0 Å². The molecule has 6 rings (SSSR count). The molecule has 35 heavy (non-hydrogen) atoms. The first kappa shape index (κ1) is 22.2. The summed E-state index contributed by atoms with van der Waals surface area (Å²) < 4.78 is 26.4. The van der Waals surface area contributed by atoms with Gasteiger partial charge in [-0.3, -0.25) is 0 Å². The van der Waals surface area contributed by atoms with Crippen molar-refractivity contribution in [3.8, 4) is 23.0 Å². The molecule has 6 heteroatoms. The van der Waals surface area contributed by atoms with Gasteiger partial charge in [0.1, 0.15) is 28.9 Å². The van der Waals surface area contributed by atoms with Crippen LogP contribution in [0.2, 0.25) is 0 Å². The largest absolute Gasteiger partial charge is 0.443 e. The fourth-order valence-electron chi connectivity index (χ4n) is 4.56. The Morgan fingerprint density at radius 1 is 0.457 bits per heavy atom. The zero-order valence-electron chi connectivity index (χ0n) is 19.3. The molecule has 4 aromatic rings. The summed E-state index contributed by atoms with van der Waals surface area (Å²) in [5.74, 6) is 3.45. The molecule has 0 unspecified atom stereocenters. The van der Waals surface area contributed by atoms with Crippen LogP contribution in [0.4, 0.5) is 0 Å². The van der Waals surface area contributed by atoms with Gasteiger partial charge in [-0.25, -0.2) is 0 Å². The van der Waals surface area contributed by atoms with E-state index in [9.17, 15) is 0 Å². The van der Waals surface area contributed by atoms with Crippen LogP contribution in [-0.4, -0.2) is 18.5 Å². The average molecular weight is 500 g/mol. The van der Waals surface area contributed by atoms with Crippen LogP contribution < -0.4 is 18.1 Å². The second-order valence-corrected chi connectivity index (χ2v) is 14.0. The van der Waals surface area contributed by atoms with Crippen molar-refractivity contribution in [1.82, 2.24) is 0 Å². The first-order chi connectivity index (χ1) is 17.0. The van der Waals surface area contributed by atoms with Gasteiger partial charge in [-0.1, -0.05) is 72.8 Å². The highest BCUT2D eigenvalue weighted by Gasteiger charge is 2.36. The predicted molar refractivity (Wildman–Crippen MR) is 147 cm³/mol. The van der Waals surface area contributed by atoms with E-state index in [1.807, 2.05) is 72.8 Å². The molecule has 4 nitrogen and oxygen atoms in total. The second kappa shape index (κ2) is 8.72. The van der Waals surface area contributed by atoms with Crippen LogP contribution >= 0.6 is 14.7 Å². The lowest BCUT2D eigenvalue weighted by Gasteiger charge is -2.36. The molecule has 0 bridgehead atoms. The van der Waals surface area contributed by atoms with Crippen molar-refractivity contribution in [2.24, 2.45) is 0 Å². The topological polar surface area (TPSA) is 36.9 Å². The normalized spacial score (nSPS) is 16.9. The van der Waals surface area contributed by atoms with Crippen molar-refractivity contribution < 1.29 is 18.1 Å². The number of fused-ring (bicyclic) bond motifs is 4. The van der Waals surface area contributed by atoms with E-state index in [0.29, 0.717) is 5.90 Å². The highest BCUT2D eigenvalue weighted by Crippen LogP contribution is 2.64. The molecule has 0 radical (unpaired) electrons. The molecule has 0 amide bonds. The Hall–Kier alpha value is -3.32. The minimum atomic E-state index is -2.80. The predicted octanol–water partition coefficient (Wildman–Crippen LogP) is 7.63. The Morgan fingerprint density at radius 2 is 0.714 bits per heavy atom. The zero-order valence-corrected chi connectivity index (χ0v) is 21.1. The Labute approximate surface area is 206 Å². The van der Waals surface area contributed by atoms with Crippen LogP contribution in [0.3, 0.4) is 0 Å². The molecule has 0 aliphatic carbocycles. The van der Waals surface area contributed by atoms with Crippen molar-refractivity contribution in [3.63, 3.8) is 0 Å². The number of benzene rings is 4. The summed E-state index contributed by atoms with van der Waals surface area (Å²) in [6.45, 7) is 0. The third-order valence-electron chi connectivity index (χ3n) is 6.14. The maximum atomic E-state index is 6.60. The summed E-state index contributed by atoms with van der Waals surface area (Å²) in [5, 5.41) is 0. The van der Waals surface area contributed by atoms with Crippen molar-refractivity contribution in [2.75, 3.05) is 5.90 Å². The van der Waals surface area contributed by atoms with Crippen molar-refractivity contribution >= 4 is 27.3 Å². The van der Waals surface area contributed by atoms with E-state index in [2.05, 4.69) is 36.9 Å². The molecule has 0 N–H and O–H groups in total. The van der Waals surface area contributed by atoms with Gasteiger partial charge in [-0.05, 0) is 59.1 Å². The molecule has 2 heterocycles. The quantitative estimate of drug-likeness (QED) is 0.265. The van der Waals surface area contributed by atoms with Crippen LogP contribution in [-0.2, 0) is 12.8 Å². The summed E-state index contributed by atoms with van der Waals surface area (Å²) >= 11 is 0. The van der Waals surface area contributed by atoms with E-state index in [0.717, 1.165) is 58.1 Å². The molecule has 4 aromatic carbocycles. The van der Waals surface area contributed by atoms with Gasteiger partial charge in [0.05, 0.1) is 0 Å². The number of rotatable bonds is 2. The molecule has 0 spiro atoms. The molecule has 0 saturated carbocycles. The molecule has 0 atom stereocenters. The van der Waals surface area contributed by atoms with Crippen LogP contribution in [0.1, 0.15) is 22.3 Å². The Morgan fingerprint density at radius 3 is 1.00 bits per heavy atom. The van der Waals surface area contributed by atoms with E-state index < -0.39 is 14.7 Å². The first-order valence-corrected chi connectivity index (χ1v) is 15.5. The molecule has 176 valence electrons. The standard InChI is InChI=1S/C29H26O4P2/c1-34(30-26-15-7-3-11-22(26)19-23-12-4-8-16-27(23)31-34)21-35(2)32-28-17-9-5-13-24(28)20-25-14-6-10-18-29(25)33-35/h3-18H,1-2,19-21H2. The molecule has 2 aliphatic heterocycles. The first-order valence-electron chi connectivity index (χ1n) is 11.5. The number of hydrogen-bond acceptors (Lipinski definition) is 4. The molecular formula is C29H26O4P2. The maximum Gasteiger partial charge on any atom is 0.225 e. The SMILES string of the molecule is C=P1(CP2(=C)Oc3ccccc3Cc3ccccc3O2)Oc2ccccc2Cc2ccccc2O1. The van der Waals surface area contributed by atoms with E-state index in [4.69, 9.17) is 18.1 Å². The second-order valence-electron chi connectivity index (χ2n) is 8.92. The third-order valence-corrected chi connectivity index (χ3v) is 11.7. The van der Waals surface area contributed by atoms with Crippen molar-refractivity contribution in [3.05, 3.63) is 119 Å². The summed E-state index contributed by atoms with van der Waals surface area (Å²) in [4.78, 5) is 0. The zero-order chi connectivity index (χ0) is 23.9. The van der Waals surface area contributed by atoms with Crippen molar-refractivity contribution in [2.45, 2.75) is 12.8 Å². The summed E-state index contributed by atoms with van der Waals surface area (Å²) in [6, 6.07) is 32.3. The van der Waals surface area contributed by atoms with Gasteiger partial charge in [0.2, 0.25) is 14.7 Å². The van der Waals surface area contributed by atoms with Gasteiger partial charge < -0.3 is 18.1 Å². The Balaban J connectivity index is 1.44. The lowest BCUT2D eigenvalue weighted by atomic mass is 10.0. The summed E-state index contributed by atoms with van der Waals surface area (Å²) in [7, 11) is -5.61. The molecule has 0 aromatic heterocycles. The maximum absolute atomic E-state index is 6.60. The highest BCUT2D eigenvalue weighted by molar-refractivity contribution is 7.81. The fourth-order valence-corrected chi connectivity index (χ4v) is 10.3. The van der Waals surface area contributed by atoms with Crippen LogP contribution in [0, 0.1) is 0 Å². The van der Waals surface area contributed by atoms with Gasteiger partial charge in [-0.15, -0.1) is 0 Å². The van der Waals surface area contributed by atoms with Gasteiger partial charge in [0.25, 0.3) is 0 Å². The minimum Gasteiger partial charge on any atom is -0.443 e. The smallest absolute Gasteiger partial charge is 0.225 e. The monoisotopic (exact) mass is 500 g/mol. The van der Waals surface area contributed by atoms with Crippen LogP contribution in [0.5, 0.6) is 23.0 Å². The van der Waals surface area contributed by atoms with E-state index >= 15 is 0 Å². The Kier molecular flexibility index (Phi) is 5.52. The average Bonchev–Trinajstić information content (AvgIpc) is 2.82. The van der Waals surface area contributed by atoms with Crippen molar-refractivity contribution in [1.29, 1.82) is 0 Å².